The van der Waals surface area contributed by atoms with E-state index in [1.807, 2.05) is 43.3 Å². The average molecular weight is 447 g/mol. The summed E-state index contributed by atoms with van der Waals surface area (Å²) in [6.07, 6.45) is 8.05. The summed E-state index contributed by atoms with van der Waals surface area (Å²) in [6, 6.07) is 10.9. The van der Waals surface area contributed by atoms with E-state index in [-0.39, 0.29) is 30.1 Å². The highest BCUT2D eigenvalue weighted by atomic mass is 32.2. The van der Waals surface area contributed by atoms with E-state index in [0.717, 1.165) is 36.8 Å². The molecule has 0 bridgehead atoms. The second kappa shape index (κ2) is 10.8. The number of fused-ring (bicyclic) bond motifs is 1. The van der Waals surface area contributed by atoms with Crippen molar-refractivity contribution in [1.82, 2.24) is 15.4 Å². The van der Waals surface area contributed by atoms with Crippen molar-refractivity contribution in [2.75, 3.05) is 32.1 Å². The van der Waals surface area contributed by atoms with Gasteiger partial charge in [-0.05, 0) is 25.0 Å². The van der Waals surface area contributed by atoms with Gasteiger partial charge < -0.3 is 15.5 Å². The maximum Gasteiger partial charge on any atom is 0.315 e. The number of hydrogen-bond donors (Lipinski definition) is 3. The zero-order chi connectivity index (χ0) is 22.3. The van der Waals surface area contributed by atoms with E-state index in [1.54, 1.807) is 12.1 Å². The molecule has 1 fully saturated rings. The molecular weight excluding hydrogens is 412 g/mol. The van der Waals surface area contributed by atoms with Gasteiger partial charge in [0.2, 0.25) is 10.0 Å². The fourth-order valence-electron chi connectivity index (χ4n) is 4.16. The molecule has 0 saturated heterocycles. The molecule has 0 aromatic heterocycles. The van der Waals surface area contributed by atoms with Gasteiger partial charge >= 0.3 is 6.03 Å². The van der Waals surface area contributed by atoms with E-state index < -0.39 is 10.0 Å². The molecule has 0 atom stereocenters. The largest absolute Gasteiger partial charge is 0.377 e. The maximum atomic E-state index is 12.9. The number of carbonyl (C=O) groups excluding carboxylic acids is 1. The van der Waals surface area contributed by atoms with Gasteiger partial charge in [-0.3, -0.25) is 0 Å². The Hall–Kier alpha value is -2.32. The molecule has 170 valence electrons. The smallest absolute Gasteiger partial charge is 0.315 e. The lowest BCUT2D eigenvalue weighted by atomic mass is 9.97. The minimum absolute atomic E-state index is 0.129. The lowest BCUT2D eigenvalue weighted by Crippen LogP contribution is -2.44. The lowest BCUT2D eigenvalue weighted by molar-refractivity contribution is 0.234. The van der Waals surface area contributed by atoms with Gasteiger partial charge in [-0.15, -0.1) is 0 Å². The third-order valence-corrected chi connectivity index (χ3v) is 7.29. The number of amides is 2. The predicted octanol–water partition coefficient (Wildman–Crippen LogP) is 3.60. The monoisotopic (exact) mass is 446 g/mol. The van der Waals surface area contributed by atoms with Crippen molar-refractivity contribution < 1.29 is 13.2 Å². The number of benzene rings is 2. The van der Waals surface area contributed by atoms with Crippen LogP contribution in [0.5, 0.6) is 0 Å². The lowest BCUT2D eigenvalue weighted by Gasteiger charge is -2.21. The molecule has 0 spiro atoms. The fraction of sp³-hybridized carbons (Fsp3) is 0.522. The molecule has 0 heterocycles. The Morgan fingerprint density at radius 3 is 2.29 bits per heavy atom. The van der Waals surface area contributed by atoms with Crippen molar-refractivity contribution in [1.29, 1.82) is 0 Å². The molecule has 1 aliphatic rings. The zero-order valence-corrected chi connectivity index (χ0v) is 19.3. The fourth-order valence-corrected chi connectivity index (χ4v) is 5.42. The molecular formula is C23H34N4O3S. The third-order valence-electron chi connectivity index (χ3n) is 5.77. The van der Waals surface area contributed by atoms with E-state index >= 15 is 0 Å². The number of sulfonamides is 1. The number of nitrogens with zero attached hydrogens (tertiary/aromatic N) is 1. The minimum Gasteiger partial charge on any atom is -0.377 e. The summed E-state index contributed by atoms with van der Waals surface area (Å²) in [7, 11) is 0.161. The Balaban J connectivity index is 1.56. The SMILES string of the molecule is CN(C)c1cccc2c(S(=O)(=O)NCCNC(=O)NC3CCCCCCC3)cccc12. The van der Waals surface area contributed by atoms with Crippen LogP contribution in [0.15, 0.2) is 41.3 Å². The normalized spacial score (nSPS) is 15.8. The number of anilines is 1. The number of carbonyl (C=O) groups is 1. The third kappa shape index (κ3) is 6.33. The van der Waals surface area contributed by atoms with Gasteiger partial charge in [0, 0.05) is 49.7 Å². The maximum absolute atomic E-state index is 12.9. The van der Waals surface area contributed by atoms with E-state index in [9.17, 15) is 13.2 Å². The van der Waals surface area contributed by atoms with E-state index in [1.165, 1.54) is 19.3 Å². The van der Waals surface area contributed by atoms with E-state index in [4.69, 9.17) is 0 Å². The molecule has 2 aromatic carbocycles. The zero-order valence-electron chi connectivity index (χ0n) is 18.5. The van der Waals surface area contributed by atoms with E-state index in [0.29, 0.717) is 5.39 Å². The van der Waals surface area contributed by atoms with E-state index in [2.05, 4.69) is 15.4 Å². The molecule has 0 radical (unpaired) electrons. The number of rotatable bonds is 7. The summed E-state index contributed by atoms with van der Waals surface area (Å²) in [5.41, 5.74) is 0.960. The molecule has 1 aliphatic carbocycles. The highest BCUT2D eigenvalue weighted by molar-refractivity contribution is 7.89. The summed E-state index contributed by atoms with van der Waals surface area (Å²) < 4.78 is 28.4. The van der Waals surface area contributed by atoms with Crippen LogP contribution >= 0.6 is 0 Å². The number of nitrogens with one attached hydrogen (secondary N) is 3. The molecule has 1 saturated carbocycles. The Kier molecular flexibility index (Phi) is 8.15. The standard InChI is InChI=1S/C23H34N4O3S/c1-27(2)21-14-8-13-20-19(21)12-9-15-22(20)31(29,30)25-17-16-24-23(28)26-18-10-6-4-3-5-7-11-18/h8-9,12-15,18,25H,3-7,10-11,16-17H2,1-2H3,(H2,24,26,28). The van der Waals surface area contributed by atoms with Crippen LogP contribution in [0.4, 0.5) is 10.5 Å². The van der Waals surface area contributed by atoms with Gasteiger partial charge in [0.15, 0.2) is 0 Å². The van der Waals surface area contributed by atoms with Gasteiger partial charge in [0.25, 0.3) is 0 Å². The first kappa shape index (κ1) is 23.3. The molecule has 0 unspecified atom stereocenters. The summed E-state index contributed by atoms with van der Waals surface area (Å²) in [5.74, 6) is 0. The molecule has 31 heavy (non-hydrogen) atoms. The first-order chi connectivity index (χ1) is 14.9. The Morgan fingerprint density at radius 1 is 0.935 bits per heavy atom. The van der Waals surface area contributed by atoms with Crippen molar-refractivity contribution in [2.45, 2.75) is 55.9 Å². The van der Waals surface area contributed by atoms with Crippen molar-refractivity contribution in [3.63, 3.8) is 0 Å². The van der Waals surface area contributed by atoms with Gasteiger partial charge in [0.1, 0.15) is 0 Å². The highest BCUT2D eigenvalue weighted by Crippen LogP contribution is 2.30. The second-order valence-electron chi connectivity index (χ2n) is 8.36. The first-order valence-corrected chi connectivity index (χ1v) is 12.6. The van der Waals surface area contributed by atoms with Crippen LogP contribution in [-0.2, 0) is 10.0 Å². The van der Waals surface area contributed by atoms with Crippen LogP contribution in [-0.4, -0.2) is 47.7 Å². The van der Waals surface area contributed by atoms with Gasteiger partial charge in [-0.2, -0.15) is 0 Å². The quantitative estimate of drug-likeness (QED) is 0.567. The average Bonchev–Trinajstić information content (AvgIpc) is 2.72. The van der Waals surface area contributed by atoms with Crippen LogP contribution < -0.4 is 20.3 Å². The molecule has 2 aromatic rings. The van der Waals surface area contributed by atoms with Gasteiger partial charge in [0.05, 0.1) is 4.90 Å². The Bertz CT molecular complexity index is 983. The molecule has 3 N–H and O–H groups in total. The molecule has 2 amide bonds. The number of urea groups is 1. The van der Waals surface area contributed by atoms with Crippen LogP contribution in [0.3, 0.4) is 0 Å². The van der Waals surface area contributed by atoms with Crippen LogP contribution in [0.2, 0.25) is 0 Å². The van der Waals surface area contributed by atoms with Crippen molar-refractivity contribution >= 4 is 32.5 Å². The van der Waals surface area contributed by atoms with Crippen LogP contribution in [0.1, 0.15) is 44.9 Å². The Labute approximate surface area is 185 Å². The summed E-state index contributed by atoms with van der Waals surface area (Å²) in [4.78, 5) is 14.4. The highest BCUT2D eigenvalue weighted by Gasteiger charge is 2.18. The van der Waals surface area contributed by atoms with Crippen molar-refractivity contribution in [3.05, 3.63) is 36.4 Å². The van der Waals surface area contributed by atoms with Crippen LogP contribution in [0, 0.1) is 0 Å². The molecule has 0 aliphatic heterocycles. The predicted molar refractivity (Wildman–Crippen MR) is 126 cm³/mol. The topological polar surface area (TPSA) is 90.5 Å². The summed E-state index contributed by atoms with van der Waals surface area (Å²) in [6.45, 7) is 0.357. The van der Waals surface area contributed by atoms with Crippen LogP contribution in [0.25, 0.3) is 10.8 Å². The molecule has 8 heteroatoms. The summed E-state index contributed by atoms with van der Waals surface area (Å²) in [5, 5.41) is 7.35. The molecule has 7 nitrogen and oxygen atoms in total. The molecule has 3 rings (SSSR count). The number of hydrogen-bond acceptors (Lipinski definition) is 4. The second-order valence-corrected chi connectivity index (χ2v) is 10.1. The van der Waals surface area contributed by atoms with Crippen molar-refractivity contribution in [2.24, 2.45) is 0 Å². The minimum atomic E-state index is -3.70. The first-order valence-electron chi connectivity index (χ1n) is 11.1. The van der Waals surface area contributed by atoms with Gasteiger partial charge in [-0.1, -0.05) is 56.4 Å². The Morgan fingerprint density at radius 2 is 1.58 bits per heavy atom. The summed E-state index contributed by atoms with van der Waals surface area (Å²) >= 11 is 0. The van der Waals surface area contributed by atoms with Crippen molar-refractivity contribution in [3.8, 4) is 0 Å². The van der Waals surface area contributed by atoms with Gasteiger partial charge in [-0.25, -0.2) is 17.9 Å².